The van der Waals surface area contributed by atoms with E-state index in [0.29, 0.717) is 6.42 Å². The molecule has 0 saturated carbocycles. The van der Waals surface area contributed by atoms with Crippen molar-refractivity contribution in [2.24, 2.45) is 17.6 Å². The van der Waals surface area contributed by atoms with Crippen LogP contribution in [0.2, 0.25) is 0 Å². The van der Waals surface area contributed by atoms with Crippen molar-refractivity contribution >= 4 is 11.9 Å². The quantitative estimate of drug-likeness (QED) is 0.571. The maximum absolute atomic E-state index is 11.2. The predicted molar refractivity (Wildman–Crippen MR) is 59.1 cm³/mol. The zero-order chi connectivity index (χ0) is 12.7. The standard InChI is InChI=1S/C11H21NO4/c1-7(2)5-9(12)11(14)16-15-10(13)6-8(3)4/h7-9H,5-6,12H2,1-4H3. The third-order valence-electron chi connectivity index (χ3n) is 1.82. The Labute approximate surface area is 96.2 Å². The van der Waals surface area contributed by atoms with Gasteiger partial charge in [0.05, 0.1) is 6.42 Å². The van der Waals surface area contributed by atoms with E-state index in [1.807, 2.05) is 27.7 Å². The number of nitrogens with two attached hydrogens (primary N) is 1. The first-order valence-electron chi connectivity index (χ1n) is 5.49. The van der Waals surface area contributed by atoms with Crippen LogP contribution in [-0.4, -0.2) is 18.0 Å². The van der Waals surface area contributed by atoms with E-state index in [2.05, 4.69) is 9.78 Å². The molecule has 0 aliphatic heterocycles. The van der Waals surface area contributed by atoms with Crippen LogP contribution in [0.15, 0.2) is 0 Å². The Morgan fingerprint density at radius 2 is 1.62 bits per heavy atom. The van der Waals surface area contributed by atoms with E-state index in [4.69, 9.17) is 5.73 Å². The molecule has 94 valence electrons. The number of carbonyl (C=O) groups excluding carboxylic acids is 2. The molecule has 0 spiro atoms. The molecule has 0 saturated heterocycles. The third-order valence-corrected chi connectivity index (χ3v) is 1.82. The normalized spacial score (nSPS) is 12.7. The lowest BCUT2D eigenvalue weighted by atomic mass is 10.1. The Kier molecular flexibility index (Phi) is 6.72. The van der Waals surface area contributed by atoms with E-state index in [1.165, 1.54) is 0 Å². The first-order valence-corrected chi connectivity index (χ1v) is 5.49. The second-order valence-corrected chi connectivity index (χ2v) is 4.69. The van der Waals surface area contributed by atoms with Crippen LogP contribution in [0.25, 0.3) is 0 Å². The second-order valence-electron chi connectivity index (χ2n) is 4.69. The Bertz CT molecular complexity index is 238. The first kappa shape index (κ1) is 14.9. The Balaban J connectivity index is 3.84. The molecule has 1 atom stereocenters. The van der Waals surface area contributed by atoms with Gasteiger partial charge in [-0.2, -0.15) is 0 Å². The number of carbonyl (C=O) groups is 2. The molecule has 0 aromatic rings. The van der Waals surface area contributed by atoms with E-state index < -0.39 is 18.0 Å². The van der Waals surface area contributed by atoms with E-state index >= 15 is 0 Å². The van der Waals surface area contributed by atoms with E-state index in [0.717, 1.165) is 0 Å². The van der Waals surface area contributed by atoms with Crippen LogP contribution < -0.4 is 5.73 Å². The Morgan fingerprint density at radius 3 is 2.06 bits per heavy atom. The van der Waals surface area contributed by atoms with Crippen molar-refractivity contribution in [2.45, 2.75) is 46.6 Å². The van der Waals surface area contributed by atoms with Crippen LogP contribution in [0, 0.1) is 11.8 Å². The van der Waals surface area contributed by atoms with Gasteiger partial charge in [0.25, 0.3) is 0 Å². The summed E-state index contributed by atoms with van der Waals surface area (Å²) >= 11 is 0. The summed E-state index contributed by atoms with van der Waals surface area (Å²) in [6, 6.07) is -0.744. The van der Waals surface area contributed by atoms with Crippen LogP contribution in [-0.2, 0) is 19.4 Å². The monoisotopic (exact) mass is 231 g/mol. The highest BCUT2D eigenvalue weighted by molar-refractivity contribution is 5.76. The van der Waals surface area contributed by atoms with Gasteiger partial charge in [-0.05, 0) is 18.3 Å². The van der Waals surface area contributed by atoms with Gasteiger partial charge in [-0.15, -0.1) is 0 Å². The second kappa shape index (κ2) is 7.22. The molecule has 0 fully saturated rings. The summed E-state index contributed by atoms with van der Waals surface area (Å²) in [5, 5.41) is 0. The van der Waals surface area contributed by atoms with Crippen molar-refractivity contribution in [1.29, 1.82) is 0 Å². The predicted octanol–water partition coefficient (Wildman–Crippen LogP) is 1.41. The highest BCUT2D eigenvalue weighted by Crippen LogP contribution is 2.05. The molecule has 5 heteroatoms. The molecule has 2 N–H and O–H groups in total. The third kappa shape index (κ3) is 7.23. The molecule has 5 nitrogen and oxygen atoms in total. The molecule has 0 rings (SSSR count). The van der Waals surface area contributed by atoms with E-state index in [1.54, 1.807) is 0 Å². The molecule has 0 heterocycles. The fourth-order valence-electron chi connectivity index (χ4n) is 1.12. The van der Waals surface area contributed by atoms with Gasteiger partial charge in [0.15, 0.2) is 0 Å². The highest BCUT2D eigenvalue weighted by Gasteiger charge is 2.19. The van der Waals surface area contributed by atoms with Crippen LogP contribution in [0.4, 0.5) is 0 Å². The van der Waals surface area contributed by atoms with E-state index in [-0.39, 0.29) is 18.3 Å². The minimum atomic E-state index is -0.744. The first-order chi connectivity index (χ1) is 7.32. The van der Waals surface area contributed by atoms with Crippen LogP contribution in [0.5, 0.6) is 0 Å². The van der Waals surface area contributed by atoms with Crippen LogP contribution in [0.1, 0.15) is 40.5 Å². The highest BCUT2D eigenvalue weighted by atomic mass is 17.2. The van der Waals surface area contributed by atoms with Gasteiger partial charge in [-0.25, -0.2) is 19.4 Å². The molecule has 0 amide bonds. The minimum absolute atomic E-state index is 0.163. The number of hydrogen-bond donors (Lipinski definition) is 1. The average molecular weight is 231 g/mol. The molecule has 16 heavy (non-hydrogen) atoms. The molecule has 0 radical (unpaired) electrons. The minimum Gasteiger partial charge on any atom is -0.318 e. The topological polar surface area (TPSA) is 78.6 Å². The largest absolute Gasteiger partial charge is 0.372 e. The van der Waals surface area contributed by atoms with Gasteiger partial charge in [0.1, 0.15) is 6.04 Å². The maximum atomic E-state index is 11.2. The van der Waals surface area contributed by atoms with Gasteiger partial charge < -0.3 is 5.73 Å². The molecule has 0 aromatic heterocycles. The van der Waals surface area contributed by atoms with Gasteiger partial charge >= 0.3 is 11.9 Å². The van der Waals surface area contributed by atoms with Crippen molar-refractivity contribution in [2.75, 3.05) is 0 Å². The van der Waals surface area contributed by atoms with Crippen LogP contribution in [0.3, 0.4) is 0 Å². The lowest BCUT2D eigenvalue weighted by Gasteiger charge is -2.11. The fraction of sp³-hybridized carbons (Fsp3) is 0.818. The molecular formula is C11H21NO4. The van der Waals surface area contributed by atoms with Crippen molar-refractivity contribution in [1.82, 2.24) is 0 Å². The summed E-state index contributed by atoms with van der Waals surface area (Å²) in [6.07, 6.45) is 0.716. The molecule has 0 aliphatic rings. The maximum Gasteiger partial charge on any atom is 0.372 e. The van der Waals surface area contributed by atoms with Crippen LogP contribution >= 0.6 is 0 Å². The SMILES string of the molecule is CC(C)CC(=O)OOC(=O)C(N)CC(C)C. The Morgan fingerprint density at radius 1 is 1.06 bits per heavy atom. The summed E-state index contributed by atoms with van der Waals surface area (Å²) in [6.45, 7) is 7.62. The smallest absolute Gasteiger partial charge is 0.318 e. The molecule has 0 aromatic carbocycles. The van der Waals surface area contributed by atoms with E-state index in [9.17, 15) is 9.59 Å². The van der Waals surface area contributed by atoms with Crippen molar-refractivity contribution < 1.29 is 19.4 Å². The van der Waals surface area contributed by atoms with Gasteiger partial charge in [-0.1, -0.05) is 27.7 Å². The lowest BCUT2D eigenvalue weighted by molar-refractivity contribution is -0.260. The molecule has 0 bridgehead atoms. The molecule has 0 aliphatic carbocycles. The number of rotatable bonds is 5. The lowest BCUT2D eigenvalue weighted by Crippen LogP contribution is -2.34. The summed E-state index contributed by atoms with van der Waals surface area (Å²) in [4.78, 5) is 31.0. The zero-order valence-electron chi connectivity index (χ0n) is 10.4. The molecular weight excluding hydrogens is 210 g/mol. The van der Waals surface area contributed by atoms with Crippen molar-refractivity contribution in [3.63, 3.8) is 0 Å². The Hall–Kier alpha value is -1.10. The molecule has 1 unspecified atom stereocenters. The number of hydrogen-bond acceptors (Lipinski definition) is 5. The summed E-state index contributed by atoms with van der Waals surface area (Å²) in [5.41, 5.74) is 5.54. The van der Waals surface area contributed by atoms with Gasteiger partial charge in [0, 0.05) is 0 Å². The average Bonchev–Trinajstić information content (AvgIpc) is 2.11. The van der Waals surface area contributed by atoms with Gasteiger partial charge in [-0.3, -0.25) is 0 Å². The summed E-state index contributed by atoms with van der Waals surface area (Å²) in [5.74, 6) is -0.810. The van der Waals surface area contributed by atoms with Crippen molar-refractivity contribution in [3.05, 3.63) is 0 Å². The zero-order valence-corrected chi connectivity index (χ0v) is 10.4. The summed E-state index contributed by atoms with van der Waals surface area (Å²) in [7, 11) is 0. The fourth-order valence-corrected chi connectivity index (χ4v) is 1.12. The summed E-state index contributed by atoms with van der Waals surface area (Å²) < 4.78 is 0. The van der Waals surface area contributed by atoms with Crippen molar-refractivity contribution in [3.8, 4) is 0 Å². The van der Waals surface area contributed by atoms with Gasteiger partial charge in [0.2, 0.25) is 0 Å².